The van der Waals surface area contributed by atoms with Gasteiger partial charge >= 0.3 is 11.9 Å². The summed E-state index contributed by atoms with van der Waals surface area (Å²) in [5.41, 5.74) is 2.70. The predicted octanol–water partition coefficient (Wildman–Crippen LogP) is 3.72. The molecule has 5 heteroatoms. The fourth-order valence-corrected chi connectivity index (χ4v) is 2.36. The lowest BCUT2D eigenvalue weighted by Crippen LogP contribution is -2.09. The Hall–Kier alpha value is -2.82. The van der Waals surface area contributed by atoms with Crippen molar-refractivity contribution in [2.24, 2.45) is 0 Å². The quantitative estimate of drug-likeness (QED) is 0.567. The van der Waals surface area contributed by atoms with Crippen LogP contribution in [0.1, 0.15) is 35.3 Å². The summed E-state index contributed by atoms with van der Waals surface area (Å²) in [4.78, 5) is 23.1. The first-order valence-corrected chi connectivity index (χ1v) is 8.18. The average Bonchev–Trinajstić information content (AvgIpc) is 2.57. The Labute approximate surface area is 147 Å². The predicted molar refractivity (Wildman–Crippen MR) is 94.1 cm³/mol. The van der Waals surface area contributed by atoms with Crippen LogP contribution in [0.2, 0.25) is 0 Å². The van der Waals surface area contributed by atoms with Gasteiger partial charge in [0.05, 0.1) is 18.8 Å². The fourth-order valence-electron chi connectivity index (χ4n) is 2.36. The lowest BCUT2D eigenvalue weighted by molar-refractivity contribution is -0.132. The molecule has 0 heterocycles. The van der Waals surface area contributed by atoms with Crippen LogP contribution in [0, 0.1) is 6.92 Å². The highest BCUT2D eigenvalue weighted by Crippen LogP contribution is 2.29. The van der Waals surface area contributed by atoms with Crippen LogP contribution in [0.4, 0.5) is 0 Å². The summed E-state index contributed by atoms with van der Waals surface area (Å²) in [5.74, 6) is -0.327. The monoisotopic (exact) mass is 342 g/mol. The first-order chi connectivity index (χ1) is 12.0. The number of ether oxygens (including phenoxy) is 3. The van der Waals surface area contributed by atoms with Crippen molar-refractivity contribution in [1.82, 2.24) is 0 Å². The SMILES string of the molecule is CCOC(=O)c1ccc(OCCc2ccccc2C)c(OC(C)=O)c1. The second-order valence-corrected chi connectivity index (χ2v) is 5.50. The van der Waals surface area contributed by atoms with Crippen molar-refractivity contribution in [1.29, 1.82) is 0 Å². The minimum atomic E-state index is -0.482. The summed E-state index contributed by atoms with van der Waals surface area (Å²) < 4.78 is 15.9. The van der Waals surface area contributed by atoms with Gasteiger partial charge in [0.2, 0.25) is 0 Å². The maximum atomic E-state index is 11.8. The maximum Gasteiger partial charge on any atom is 0.338 e. The summed E-state index contributed by atoms with van der Waals surface area (Å²) in [6.45, 7) is 5.78. The number of hydrogen-bond acceptors (Lipinski definition) is 5. The molecule has 0 unspecified atom stereocenters. The lowest BCUT2D eigenvalue weighted by atomic mass is 10.1. The molecule has 25 heavy (non-hydrogen) atoms. The van der Waals surface area contributed by atoms with E-state index in [1.807, 2.05) is 25.1 Å². The summed E-state index contributed by atoms with van der Waals surface area (Å²) in [7, 11) is 0. The van der Waals surface area contributed by atoms with Crippen molar-refractivity contribution in [3.63, 3.8) is 0 Å². The zero-order chi connectivity index (χ0) is 18.2. The molecule has 0 aromatic heterocycles. The normalized spacial score (nSPS) is 10.2. The van der Waals surface area contributed by atoms with Gasteiger partial charge in [0.15, 0.2) is 11.5 Å². The van der Waals surface area contributed by atoms with E-state index in [4.69, 9.17) is 14.2 Å². The van der Waals surface area contributed by atoms with Gasteiger partial charge in [-0.3, -0.25) is 4.79 Å². The molecule has 0 N–H and O–H groups in total. The topological polar surface area (TPSA) is 61.8 Å². The van der Waals surface area contributed by atoms with E-state index in [1.165, 1.54) is 24.1 Å². The number of carbonyl (C=O) groups excluding carboxylic acids is 2. The average molecular weight is 342 g/mol. The van der Waals surface area contributed by atoms with Crippen LogP contribution in [0.3, 0.4) is 0 Å². The Morgan fingerprint density at radius 3 is 2.48 bits per heavy atom. The van der Waals surface area contributed by atoms with Crippen molar-refractivity contribution in [2.75, 3.05) is 13.2 Å². The van der Waals surface area contributed by atoms with Gasteiger partial charge in [0.1, 0.15) is 0 Å². The van der Waals surface area contributed by atoms with Crippen LogP contribution in [0.15, 0.2) is 42.5 Å². The third-order valence-electron chi connectivity index (χ3n) is 3.60. The minimum absolute atomic E-state index is 0.211. The molecule has 0 amide bonds. The Morgan fingerprint density at radius 2 is 1.80 bits per heavy atom. The molecule has 0 saturated heterocycles. The highest BCUT2D eigenvalue weighted by molar-refractivity contribution is 5.90. The number of esters is 2. The van der Waals surface area contributed by atoms with Gasteiger partial charge in [-0.2, -0.15) is 0 Å². The zero-order valence-corrected chi connectivity index (χ0v) is 14.7. The molecule has 0 saturated carbocycles. The van der Waals surface area contributed by atoms with Gasteiger partial charge in [-0.25, -0.2) is 4.79 Å². The van der Waals surface area contributed by atoms with Crippen LogP contribution in [-0.4, -0.2) is 25.2 Å². The first-order valence-electron chi connectivity index (χ1n) is 8.18. The molecule has 2 aromatic carbocycles. The van der Waals surface area contributed by atoms with Crippen molar-refractivity contribution in [2.45, 2.75) is 27.2 Å². The molecule has 132 valence electrons. The Balaban J connectivity index is 2.11. The van der Waals surface area contributed by atoms with Crippen LogP contribution in [0.5, 0.6) is 11.5 Å². The van der Waals surface area contributed by atoms with Crippen LogP contribution in [0.25, 0.3) is 0 Å². The second kappa shape index (κ2) is 8.87. The van der Waals surface area contributed by atoms with E-state index < -0.39 is 11.9 Å². The van der Waals surface area contributed by atoms with Gasteiger partial charge < -0.3 is 14.2 Å². The highest BCUT2D eigenvalue weighted by Gasteiger charge is 2.14. The maximum absolute atomic E-state index is 11.8. The standard InChI is InChI=1S/C20H22O5/c1-4-23-20(22)17-9-10-18(19(13-17)25-15(3)21)24-12-11-16-8-6-5-7-14(16)2/h5-10,13H,4,11-12H2,1-3H3. The molecule has 0 atom stereocenters. The van der Waals surface area contributed by atoms with Crippen LogP contribution >= 0.6 is 0 Å². The molecular formula is C20H22O5. The molecule has 0 spiro atoms. The lowest BCUT2D eigenvalue weighted by Gasteiger charge is -2.13. The van der Waals surface area contributed by atoms with Crippen molar-refractivity contribution >= 4 is 11.9 Å². The molecule has 0 radical (unpaired) electrons. The zero-order valence-electron chi connectivity index (χ0n) is 14.7. The largest absolute Gasteiger partial charge is 0.489 e. The van der Waals surface area contributed by atoms with Gasteiger partial charge in [-0.1, -0.05) is 24.3 Å². The number of rotatable bonds is 7. The molecule has 0 aliphatic heterocycles. The van der Waals surface area contributed by atoms with E-state index in [0.29, 0.717) is 17.9 Å². The van der Waals surface area contributed by atoms with E-state index in [-0.39, 0.29) is 12.4 Å². The van der Waals surface area contributed by atoms with Crippen LogP contribution in [-0.2, 0) is 16.0 Å². The molecule has 2 aromatic rings. The smallest absolute Gasteiger partial charge is 0.338 e. The van der Waals surface area contributed by atoms with E-state index in [9.17, 15) is 9.59 Å². The third-order valence-corrected chi connectivity index (χ3v) is 3.60. The summed E-state index contributed by atoms with van der Waals surface area (Å²) in [6.07, 6.45) is 0.728. The Kier molecular flexibility index (Phi) is 6.57. The molecular weight excluding hydrogens is 320 g/mol. The van der Waals surface area contributed by atoms with Gasteiger partial charge in [0, 0.05) is 13.3 Å². The summed E-state index contributed by atoms with van der Waals surface area (Å²) >= 11 is 0. The second-order valence-electron chi connectivity index (χ2n) is 5.50. The van der Waals surface area contributed by atoms with Crippen molar-refractivity contribution in [3.8, 4) is 11.5 Å². The van der Waals surface area contributed by atoms with Crippen molar-refractivity contribution in [3.05, 3.63) is 59.2 Å². The van der Waals surface area contributed by atoms with E-state index in [1.54, 1.807) is 19.1 Å². The molecule has 0 bridgehead atoms. The van der Waals surface area contributed by atoms with Crippen LogP contribution < -0.4 is 9.47 Å². The highest BCUT2D eigenvalue weighted by atomic mass is 16.6. The number of aryl methyl sites for hydroxylation is 1. The number of carbonyl (C=O) groups is 2. The third kappa shape index (κ3) is 5.35. The molecule has 5 nitrogen and oxygen atoms in total. The first kappa shape index (κ1) is 18.5. The van der Waals surface area contributed by atoms with E-state index in [0.717, 1.165) is 6.42 Å². The van der Waals surface area contributed by atoms with E-state index in [2.05, 4.69) is 6.07 Å². The summed E-state index contributed by atoms with van der Waals surface area (Å²) in [5, 5.41) is 0. The number of benzene rings is 2. The fraction of sp³-hybridized carbons (Fsp3) is 0.300. The molecule has 0 aliphatic rings. The Morgan fingerprint density at radius 1 is 1.04 bits per heavy atom. The van der Waals surface area contributed by atoms with Gasteiger partial charge in [0.25, 0.3) is 0 Å². The molecule has 2 rings (SSSR count). The summed E-state index contributed by atoms with van der Waals surface area (Å²) in [6, 6.07) is 12.7. The van der Waals surface area contributed by atoms with Gasteiger partial charge in [-0.05, 0) is 43.2 Å². The Bertz CT molecular complexity index is 752. The molecule has 0 fully saturated rings. The minimum Gasteiger partial charge on any atom is -0.489 e. The molecule has 0 aliphatic carbocycles. The number of hydrogen-bond donors (Lipinski definition) is 0. The van der Waals surface area contributed by atoms with Crippen molar-refractivity contribution < 1.29 is 23.8 Å². The van der Waals surface area contributed by atoms with Gasteiger partial charge in [-0.15, -0.1) is 0 Å². The van der Waals surface area contributed by atoms with E-state index >= 15 is 0 Å².